The zero-order valence-corrected chi connectivity index (χ0v) is 52.9. The zero-order valence-electron chi connectivity index (χ0n) is 52.9. The lowest BCUT2D eigenvalue weighted by Gasteiger charge is -2.10. The molecule has 0 fully saturated rings. The molecule has 8 nitrogen and oxygen atoms in total. The molecule has 0 radical (unpaired) electrons. The van der Waals surface area contributed by atoms with Gasteiger partial charge in [-0.2, -0.15) is 0 Å². The molecule has 0 N–H and O–H groups in total. The highest BCUT2D eigenvalue weighted by atomic mass is 14.7. The summed E-state index contributed by atoms with van der Waals surface area (Å²) in [5, 5.41) is 8.63. The summed E-state index contributed by atoms with van der Waals surface area (Å²) in [4.78, 5) is 38.4. The van der Waals surface area contributed by atoms with Crippen molar-refractivity contribution in [1.82, 2.24) is 39.9 Å². The summed E-state index contributed by atoms with van der Waals surface area (Å²) in [6.07, 6.45) is 15.4. The van der Waals surface area contributed by atoms with Crippen molar-refractivity contribution in [3.05, 3.63) is 341 Å². The second-order valence-corrected chi connectivity index (χ2v) is 24.8. The summed E-state index contributed by atoms with van der Waals surface area (Å²) < 4.78 is 0. The Morgan fingerprint density at radius 2 is 0.398 bits per heavy atom. The van der Waals surface area contributed by atoms with Gasteiger partial charge in [-0.15, -0.1) is 0 Å². The van der Waals surface area contributed by atoms with E-state index < -0.39 is 0 Å². The molecular formula is C90H56N8. The first-order chi connectivity index (χ1) is 48.5. The van der Waals surface area contributed by atoms with E-state index in [0.29, 0.717) is 0 Å². The van der Waals surface area contributed by atoms with Crippen molar-refractivity contribution in [3.63, 3.8) is 0 Å². The number of aromatic nitrogens is 8. The normalized spacial score (nSPS) is 11.5. The Morgan fingerprint density at radius 3 is 0.735 bits per heavy atom. The van der Waals surface area contributed by atoms with Crippen LogP contribution in [0.3, 0.4) is 0 Å². The summed E-state index contributed by atoms with van der Waals surface area (Å²) in [6, 6.07) is 102. The van der Waals surface area contributed by atoms with Gasteiger partial charge in [-0.3, -0.25) is 39.9 Å². The first-order valence-electron chi connectivity index (χ1n) is 32.8. The maximum absolute atomic E-state index is 5.01. The van der Waals surface area contributed by atoms with E-state index in [-0.39, 0.29) is 0 Å². The monoisotopic (exact) mass is 1250 g/mol. The number of nitrogens with zero attached hydrogens (tertiary/aromatic N) is 8. The molecule has 8 aromatic heterocycles. The molecule has 0 amide bonds. The minimum absolute atomic E-state index is 0.926. The van der Waals surface area contributed by atoms with E-state index in [1.807, 2.05) is 73.8 Å². The van der Waals surface area contributed by atoms with Crippen LogP contribution in [0.15, 0.2) is 341 Å². The number of hydrogen-bond donors (Lipinski definition) is 0. The maximum Gasteiger partial charge on any atom is 0.0796 e. The highest BCUT2D eigenvalue weighted by Crippen LogP contribution is 2.37. The quantitative estimate of drug-likeness (QED) is 0.132. The predicted molar refractivity (Wildman–Crippen MR) is 404 cm³/mol. The minimum atomic E-state index is 0.926. The van der Waals surface area contributed by atoms with Crippen LogP contribution in [0.1, 0.15) is 0 Å². The SMILES string of the molecule is c1ccc(-c2cccc(-c3cnc4c(ccc5ncc(-c6ccc(-c7cnc8ccc9cc(-c%10cccc(-c%11ccccc%11)c%10)cnc9c8c7)cc6)cc54)c3)c2)cc1.c1cnc2c(c1)ccc1ncc(-c3ccc(-c4ccc(-c5cnc6ccc7cccnc7c6c5)cc4)cc3)cc12. The number of fused-ring (bicyclic) bond motifs is 12. The molecular weight excluding hydrogens is 1190 g/mol. The lowest BCUT2D eigenvalue weighted by Crippen LogP contribution is -1.90. The van der Waals surface area contributed by atoms with Crippen molar-refractivity contribution < 1.29 is 0 Å². The first-order valence-corrected chi connectivity index (χ1v) is 32.8. The fourth-order valence-corrected chi connectivity index (χ4v) is 13.6. The molecule has 0 spiro atoms. The van der Waals surface area contributed by atoms with Crippen molar-refractivity contribution in [2.24, 2.45) is 0 Å². The Labute approximate surface area is 564 Å². The molecule has 0 aliphatic heterocycles. The fraction of sp³-hybridized carbons (Fsp3) is 0. The predicted octanol–water partition coefficient (Wildman–Crippen LogP) is 22.8. The van der Waals surface area contributed by atoms with Crippen molar-refractivity contribution in [3.8, 4) is 100 Å². The molecule has 0 aliphatic carbocycles. The Morgan fingerprint density at radius 1 is 0.143 bits per heavy atom. The highest BCUT2D eigenvalue weighted by Gasteiger charge is 2.15. The Balaban J connectivity index is 0.000000152. The van der Waals surface area contributed by atoms with Crippen molar-refractivity contribution in [1.29, 1.82) is 0 Å². The zero-order chi connectivity index (χ0) is 64.9. The molecule has 0 saturated carbocycles. The summed E-state index contributed by atoms with van der Waals surface area (Å²) in [7, 11) is 0. The van der Waals surface area contributed by atoms with Gasteiger partial charge in [0.05, 0.1) is 44.1 Å². The number of benzene rings is 11. The summed E-state index contributed by atoms with van der Waals surface area (Å²) in [5.41, 5.74) is 27.9. The number of rotatable bonds is 9. The first kappa shape index (κ1) is 57.4. The van der Waals surface area contributed by atoms with E-state index in [4.69, 9.17) is 29.9 Å². The third-order valence-electron chi connectivity index (χ3n) is 18.8. The van der Waals surface area contributed by atoms with Crippen LogP contribution in [0.5, 0.6) is 0 Å². The fourth-order valence-electron chi connectivity index (χ4n) is 13.6. The van der Waals surface area contributed by atoms with Gasteiger partial charge in [0.15, 0.2) is 0 Å². The molecule has 0 unspecified atom stereocenters. The van der Waals surface area contributed by atoms with Gasteiger partial charge in [0.1, 0.15) is 0 Å². The van der Waals surface area contributed by atoms with Gasteiger partial charge in [-0.25, -0.2) is 0 Å². The summed E-state index contributed by atoms with van der Waals surface area (Å²) >= 11 is 0. The van der Waals surface area contributed by atoms with Crippen molar-refractivity contribution in [2.75, 3.05) is 0 Å². The molecule has 0 bridgehead atoms. The van der Waals surface area contributed by atoms with Crippen LogP contribution in [0.25, 0.3) is 187 Å². The standard InChI is InChI=1S/C54H34N4.C36H22N4/c1-3-9-35(10-4-1)39-13-7-15-41(25-39)45-27-43-21-23-51-49(53(43)57-33-45)29-47(31-55-51)37-17-19-38(20-18-37)48-30-50-52(56-32-48)24-22-44-28-46(34-58-54(44)50)42-16-8-14-40(26-42)36-11-5-2-6-12-36;1-3-27-13-15-33-31(35(27)37-17-1)19-29(21-39-33)25-9-5-23(6-10-25)24-7-11-26(12-8-24)30-20-32-34(40-22-30)16-14-28-4-2-18-38-36(28)32/h1-34H;1-22H. The molecule has 0 saturated heterocycles. The van der Waals surface area contributed by atoms with Crippen LogP contribution in [-0.2, 0) is 0 Å². The Kier molecular flexibility index (Phi) is 14.4. The van der Waals surface area contributed by atoms with Crippen molar-refractivity contribution >= 4 is 87.2 Å². The maximum atomic E-state index is 5.01. The molecule has 0 aliphatic rings. The van der Waals surface area contributed by atoms with Crippen LogP contribution in [0.2, 0.25) is 0 Å². The van der Waals surface area contributed by atoms with Crippen LogP contribution < -0.4 is 0 Å². The largest absolute Gasteiger partial charge is 0.256 e. The van der Waals surface area contributed by atoms with Crippen LogP contribution >= 0.6 is 0 Å². The third-order valence-corrected chi connectivity index (χ3v) is 18.8. The Hall–Kier alpha value is -13.3. The number of pyridine rings is 8. The smallest absolute Gasteiger partial charge is 0.0796 e. The molecule has 19 rings (SSSR count). The molecule has 0 atom stereocenters. The second kappa shape index (κ2) is 24.6. The molecule has 8 heteroatoms. The lowest BCUT2D eigenvalue weighted by atomic mass is 9.97. The average molecular weight is 1250 g/mol. The molecule has 11 aromatic carbocycles. The molecule has 8 heterocycles. The van der Waals surface area contributed by atoms with Crippen LogP contribution in [-0.4, -0.2) is 39.9 Å². The van der Waals surface area contributed by atoms with E-state index in [1.165, 1.54) is 33.4 Å². The van der Waals surface area contributed by atoms with Gasteiger partial charge in [0.2, 0.25) is 0 Å². The second-order valence-electron chi connectivity index (χ2n) is 24.8. The Bertz CT molecular complexity index is 5900. The van der Waals surface area contributed by atoms with Crippen LogP contribution in [0.4, 0.5) is 0 Å². The molecule has 456 valence electrons. The molecule has 19 aromatic rings. The van der Waals surface area contributed by atoms with E-state index in [9.17, 15) is 0 Å². The molecule has 98 heavy (non-hydrogen) atoms. The van der Waals surface area contributed by atoms with Crippen LogP contribution in [0, 0.1) is 0 Å². The number of hydrogen-bond acceptors (Lipinski definition) is 8. The third kappa shape index (κ3) is 10.9. The van der Waals surface area contributed by atoms with Gasteiger partial charge in [-0.05, 0) is 152 Å². The lowest BCUT2D eigenvalue weighted by molar-refractivity contribution is 1.38. The average Bonchev–Trinajstić information content (AvgIpc) is 0.793. The van der Waals surface area contributed by atoms with E-state index in [2.05, 4.69) is 277 Å². The van der Waals surface area contributed by atoms with E-state index >= 15 is 0 Å². The van der Waals surface area contributed by atoms with Gasteiger partial charge in [-0.1, -0.05) is 206 Å². The van der Waals surface area contributed by atoms with Gasteiger partial charge in [0, 0.05) is 126 Å². The minimum Gasteiger partial charge on any atom is -0.256 e. The highest BCUT2D eigenvalue weighted by molar-refractivity contribution is 6.09. The van der Waals surface area contributed by atoms with E-state index in [0.717, 1.165) is 154 Å². The van der Waals surface area contributed by atoms with Gasteiger partial charge in [0.25, 0.3) is 0 Å². The topological polar surface area (TPSA) is 103 Å². The van der Waals surface area contributed by atoms with Gasteiger partial charge < -0.3 is 0 Å². The summed E-state index contributed by atoms with van der Waals surface area (Å²) in [6.45, 7) is 0. The van der Waals surface area contributed by atoms with E-state index in [1.54, 1.807) is 0 Å². The van der Waals surface area contributed by atoms with Gasteiger partial charge >= 0.3 is 0 Å². The summed E-state index contributed by atoms with van der Waals surface area (Å²) in [5.74, 6) is 0. The van der Waals surface area contributed by atoms with Crippen molar-refractivity contribution in [2.45, 2.75) is 0 Å².